The Labute approximate surface area is 202 Å². The number of carbonyl (C=O) groups excluding carboxylic acids is 1. The molecule has 1 aliphatic heterocycles. The Morgan fingerprint density at radius 1 is 1.12 bits per heavy atom. The largest absolute Gasteiger partial charge is 0.481 e. The Morgan fingerprint density at radius 3 is 2.74 bits per heavy atom. The Bertz CT molecular complexity index is 1270. The third-order valence-corrected chi connectivity index (χ3v) is 6.79. The highest BCUT2D eigenvalue weighted by Gasteiger charge is 2.24. The lowest BCUT2D eigenvalue weighted by atomic mass is 10.1. The van der Waals surface area contributed by atoms with Crippen LogP contribution < -0.4 is 15.0 Å². The van der Waals surface area contributed by atoms with E-state index in [1.54, 1.807) is 19.5 Å². The summed E-state index contributed by atoms with van der Waals surface area (Å²) in [4.78, 5) is 34.6. The molecule has 0 aliphatic carbocycles. The number of fused-ring (bicyclic) bond motifs is 1. The fraction of sp³-hybridized carbons (Fsp3) is 0.320. The molecule has 0 atom stereocenters. The highest BCUT2D eigenvalue weighted by molar-refractivity contribution is 7.17. The average Bonchev–Trinajstić information content (AvgIpc) is 3.34. The van der Waals surface area contributed by atoms with Gasteiger partial charge in [-0.1, -0.05) is 12.1 Å². The molecule has 1 fully saturated rings. The second-order valence-corrected chi connectivity index (χ2v) is 9.04. The topological polar surface area (TPSA) is 93.1 Å². The molecule has 34 heavy (non-hydrogen) atoms. The molecule has 1 saturated heterocycles. The molecule has 1 aliphatic rings. The predicted molar refractivity (Wildman–Crippen MR) is 134 cm³/mol. The first-order valence-electron chi connectivity index (χ1n) is 11.5. The lowest BCUT2D eigenvalue weighted by molar-refractivity contribution is 0.0956. The molecule has 0 saturated carbocycles. The molecular weight excluding hydrogens is 448 g/mol. The van der Waals surface area contributed by atoms with Crippen LogP contribution in [0.3, 0.4) is 0 Å². The van der Waals surface area contributed by atoms with E-state index in [1.165, 1.54) is 17.8 Å². The maximum atomic E-state index is 13.2. The van der Waals surface area contributed by atoms with Gasteiger partial charge in [0.05, 0.1) is 18.1 Å². The maximum absolute atomic E-state index is 13.2. The van der Waals surface area contributed by atoms with Crippen molar-refractivity contribution in [3.05, 3.63) is 59.2 Å². The number of amides is 1. The Balaban J connectivity index is 1.42. The van der Waals surface area contributed by atoms with Crippen LogP contribution >= 0.6 is 11.3 Å². The molecule has 174 valence electrons. The molecule has 0 aromatic carbocycles. The molecule has 8 nitrogen and oxygen atoms in total. The van der Waals surface area contributed by atoms with Crippen molar-refractivity contribution < 1.29 is 9.53 Å². The summed E-state index contributed by atoms with van der Waals surface area (Å²) in [5.41, 5.74) is 2.39. The summed E-state index contributed by atoms with van der Waals surface area (Å²) in [5, 5.41) is 5.77. The van der Waals surface area contributed by atoms with Crippen LogP contribution in [0.25, 0.3) is 21.7 Å². The SMILES string of the molecule is COc1ccc(CCNC(=O)c2csc3nc(-c4ccccn4)nc(N4CCCCC4)c23)cn1. The van der Waals surface area contributed by atoms with Crippen molar-refractivity contribution in [1.82, 2.24) is 25.3 Å². The van der Waals surface area contributed by atoms with Crippen molar-refractivity contribution in [2.45, 2.75) is 25.7 Å². The number of carbonyl (C=O) groups is 1. The fourth-order valence-corrected chi connectivity index (χ4v) is 5.04. The Morgan fingerprint density at radius 2 is 2.00 bits per heavy atom. The van der Waals surface area contributed by atoms with E-state index in [0.29, 0.717) is 30.2 Å². The van der Waals surface area contributed by atoms with E-state index in [1.807, 2.05) is 35.7 Å². The summed E-state index contributed by atoms with van der Waals surface area (Å²) in [6, 6.07) is 9.51. The van der Waals surface area contributed by atoms with Gasteiger partial charge in [-0.25, -0.2) is 15.0 Å². The van der Waals surface area contributed by atoms with Crippen LogP contribution in [0.1, 0.15) is 35.2 Å². The van der Waals surface area contributed by atoms with E-state index in [4.69, 9.17) is 14.7 Å². The number of rotatable bonds is 7. The molecule has 0 spiro atoms. The molecule has 4 aromatic rings. The highest BCUT2D eigenvalue weighted by Crippen LogP contribution is 2.35. The molecule has 0 bridgehead atoms. The van der Waals surface area contributed by atoms with Crippen molar-refractivity contribution in [1.29, 1.82) is 0 Å². The molecule has 9 heteroatoms. The van der Waals surface area contributed by atoms with Crippen LogP contribution in [0.4, 0.5) is 5.82 Å². The number of hydrogen-bond acceptors (Lipinski definition) is 8. The zero-order valence-corrected chi connectivity index (χ0v) is 19.8. The molecule has 1 N–H and O–H groups in total. The summed E-state index contributed by atoms with van der Waals surface area (Å²) in [7, 11) is 1.59. The first-order valence-corrected chi connectivity index (χ1v) is 12.3. The van der Waals surface area contributed by atoms with Crippen LogP contribution in [0.2, 0.25) is 0 Å². The molecule has 4 aromatic heterocycles. The molecule has 0 radical (unpaired) electrons. The standard InChI is InChI=1S/C25H26N6O2S/c1-33-20-9-8-17(15-28-20)10-12-27-24(32)18-16-34-25-21(18)23(31-13-5-2-6-14-31)29-22(30-25)19-7-3-4-11-26-19/h3-4,7-9,11,15-16H,2,5-6,10,12-14H2,1H3,(H,27,32). The minimum absolute atomic E-state index is 0.111. The lowest BCUT2D eigenvalue weighted by Crippen LogP contribution is -2.31. The van der Waals surface area contributed by atoms with E-state index in [9.17, 15) is 4.79 Å². The van der Waals surface area contributed by atoms with Gasteiger partial charge in [-0.3, -0.25) is 9.78 Å². The van der Waals surface area contributed by atoms with Crippen molar-refractivity contribution >= 4 is 33.3 Å². The van der Waals surface area contributed by atoms with Crippen LogP contribution in [-0.2, 0) is 6.42 Å². The van der Waals surface area contributed by atoms with Gasteiger partial charge in [0.25, 0.3) is 5.91 Å². The van der Waals surface area contributed by atoms with Gasteiger partial charge in [-0.15, -0.1) is 11.3 Å². The summed E-state index contributed by atoms with van der Waals surface area (Å²) in [5.74, 6) is 1.89. The number of anilines is 1. The zero-order valence-electron chi connectivity index (χ0n) is 19.0. The van der Waals surface area contributed by atoms with Gasteiger partial charge in [-0.05, 0) is 43.4 Å². The summed E-state index contributed by atoms with van der Waals surface area (Å²) >= 11 is 1.47. The van der Waals surface area contributed by atoms with Crippen molar-refractivity contribution in [2.75, 3.05) is 31.6 Å². The van der Waals surface area contributed by atoms with E-state index in [2.05, 4.69) is 20.2 Å². The summed E-state index contributed by atoms with van der Waals surface area (Å²) in [6.45, 7) is 2.36. The van der Waals surface area contributed by atoms with Crippen molar-refractivity contribution in [3.8, 4) is 17.4 Å². The van der Waals surface area contributed by atoms with Gasteiger partial charge in [0.2, 0.25) is 5.88 Å². The van der Waals surface area contributed by atoms with Crippen LogP contribution in [-0.4, -0.2) is 52.6 Å². The minimum atomic E-state index is -0.111. The quantitative estimate of drug-likeness (QED) is 0.431. The smallest absolute Gasteiger partial charge is 0.252 e. The molecule has 1 amide bonds. The second-order valence-electron chi connectivity index (χ2n) is 8.18. The van der Waals surface area contributed by atoms with E-state index in [0.717, 1.165) is 53.2 Å². The van der Waals surface area contributed by atoms with Gasteiger partial charge in [0, 0.05) is 43.5 Å². The highest BCUT2D eigenvalue weighted by atomic mass is 32.1. The van der Waals surface area contributed by atoms with Crippen molar-refractivity contribution in [3.63, 3.8) is 0 Å². The number of nitrogens with zero attached hydrogens (tertiary/aromatic N) is 5. The number of piperidine rings is 1. The Kier molecular flexibility index (Phi) is 6.62. The van der Waals surface area contributed by atoms with E-state index < -0.39 is 0 Å². The van der Waals surface area contributed by atoms with Gasteiger partial charge in [0.1, 0.15) is 16.3 Å². The molecule has 0 unspecified atom stereocenters. The number of aromatic nitrogens is 4. The number of hydrogen-bond donors (Lipinski definition) is 1. The molecular formula is C25H26N6O2S. The van der Waals surface area contributed by atoms with Crippen molar-refractivity contribution in [2.24, 2.45) is 0 Å². The first-order chi connectivity index (χ1) is 16.7. The number of thiophene rings is 1. The normalized spacial score (nSPS) is 13.7. The van der Waals surface area contributed by atoms with E-state index >= 15 is 0 Å². The van der Waals surface area contributed by atoms with Gasteiger partial charge < -0.3 is 15.0 Å². The monoisotopic (exact) mass is 474 g/mol. The van der Waals surface area contributed by atoms with E-state index in [-0.39, 0.29) is 5.91 Å². The zero-order chi connectivity index (χ0) is 23.3. The van der Waals surface area contributed by atoms with Crippen LogP contribution in [0.15, 0.2) is 48.1 Å². The van der Waals surface area contributed by atoms with Gasteiger partial charge >= 0.3 is 0 Å². The molecule has 5 rings (SSSR count). The number of pyridine rings is 2. The first kappa shape index (κ1) is 22.2. The maximum Gasteiger partial charge on any atom is 0.252 e. The minimum Gasteiger partial charge on any atom is -0.481 e. The summed E-state index contributed by atoms with van der Waals surface area (Å²) < 4.78 is 5.10. The fourth-order valence-electron chi connectivity index (χ4n) is 4.13. The van der Waals surface area contributed by atoms with Gasteiger partial charge in [0.15, 0.2) is 5.82 Å². The van der Waals surface area contributed by atoms with Crippen LogP contribution in [0.5, 0.6) is 5.88 Å². The lowest BCUT2D eigenvalue weighted by Gasteiger charge is -2.28. The number of nitrogens with one attached hydrogen (secondary N) is 1. The number of methoxy groups -OCH3 is 1. The predicted octanol–water partition coefficient (Wildman–Crippen LogP) is 4.12. The second kappa shape index (κ2) is 10.1. The Hall–Kier alpha value is -3.59. The van der Waals surface area contributed by atoms with Crippen LogP contribution in [0, 0.1) is 0 Å². The third kappa shape index (κ3) is 4.70. The third-order valence-electron chi connectivity index (χ3n) is 5.91. The number of ether oxygens (including phenoxy) is 1. The average molecular weight is 475 g/mol. The molecule has 5 heterocycles. The summed E-state index contributed by atoms with van der Waals surface area (Å²) in [6.07, 6.45) is 7.65. The van der Waals surface area contributed by atoms with Gasteiger partial charge in [-0.2, -0.15) is 0 Å².